The van der Waals surface area contributed by atoms with Crippen LogP contribution in [0, 0.1) is 0 Å². The average molecular weight is 388 g/mol. The summed E-state index contributed by atoms with van der Waals surface area (Å²) in [5, 5.41) is 24.5. The van der Waals surface area contributed by atoms with Crippen molar-refractivity contribution in [2.45, 2.75) is 19.4 Å². The van der Waals surface area contributed by atoms with Gasteiger partial charge in [0.05, 0.1) is 17.5 Å². The fraction of sp³-hybridized carbons (Fsp3) is 0.474. The van der Waals surface area contributed by atoms with Crippen molar-refractivity contribution < 1.29 is 10.2 Å². The van der Waals surface area contributed by atoms with Crippen LogP contribution >= 0.6 is 11.3 Å². The maximum atomic E-state index is 10.9. The van der Waals surface area contributed by atoms with E-state index in [-0.39, 0.29) is 18.5 Å². The van der Waals surface area contributed by atoms with Gasteiger partial charge in [0.1, 0.15) is 0 Å². The highest BCUT2D eigenvalue weighted by Gasteiger charge is 2.31. The molecule has 2 N–H and O–H groups in total. The summed E-state index contributed by atoms with van der Waals surface area (Å²) >= 11 is 1.51. The second-order valence-corrected chi connectivity index (χ2v) is 7.79. The van der Waals surface area contributed by atoms with Crippen LogP contribution in [0.25, 0.3) is 4.96 Å². The van der Waals surface area contributed by atoms with Gasteiger partial charge in [-0.05, 0) is 5.56 Å². The number of aliphatic hydroxyl groups excluding tert-OH is 1. The van der Waals surface area contributed by atoms with Crippen LogP contribution in [0.2, 0.25) is 0 Å². The SMILES string of the molecule is CCc1nc2sc(C(c3ccccc3)N3CCN(CCO)CC3)c(O)n2n1. The zero-order chi connectivity index (χ0) is 18.8. The highest BCUT2D eigenvalue weighted by Crippen LogP contribution is 2.40. The first kappa shape index (κ1) is 18.4. The summed E-state index contributed by atoms with van der Waals surface area (Å²) in [5.41, 5.74) is 1.16. The minimum absolute atomic E-state index is 0.0268. The van der Waals surface area contributed by atoms with E-state index < -0.39 is 0 Å². The Labute approximate surface area is 162 Å². The van der Waals surface area contributed by atoms with E-state index in [0.717, 1.165) is 53.8 Å². The van der Waals surface area contributed by atoms with E-state index >= 15 is 0 Å². The second kappa shape index (κ2) is 7.93. The molecule has 7 nitrogen and oxygen atoms in total. The van der Waals surface area contributed by atoms with Gasteiger partial charge in [-0.15, -0.1) is 5.10 Å². The number of aromatic nitrogens is 3. The lowest BCUT2D eigenvalue weighted by Crippen LogP contribution is -2.48. The fourth-order valence-electron chi connectivity index (χ4n) is 3.67. The van der Waals surface area contributed by atoms with Gasteiger partial charge in [0, 0.05) is 39.1 Å². The zero-order valence-corrected chi connectivity index (χ0v) is 16.3. The molecule has 0 saturated carbocycles. The largest absolute Gasteiger partial charge is 0.492 e. The summed E-state index contributed by atoms with van der Waals surface area (Å²) in [6, 6.07) is 10.3. The standard InChI is InChI=1S/C19H25N5O2S/c1-2-15-20-19-24(21-15)18(26)17(27-19)16(14-6-4-3-5-7-14)23-10-8-22(9-11-23)12-13-25/h3-7,16,25-26H,2,8-13H2,1H3. The lowest BCUT2D eigenvalue weighted by Gasteiger charge is -2.39. The first-order valence-electron chi connectivity index (χ1n) is 9.40. The molecular formula is C19H25N5O2S. The number of aryl methyl sites for hydroxylation is 1. The van der Waals surface area contributed by atoms with E-state index in [1.807, 2.05) is 25.1 Å². The number of thiazole rings is 1. The van der Waals surface area contributed by atoms with Gasteiger partial charge in [-0.25, -0.2) is 4.98 Å². The number of hydrogen-bond donors (Lipinski definition) is 2. The summed E-state index contributed by atoms with van der Waals surface area (Å²) in [4.78, 5) is 10.8. The molecule has 2 aromatic heterocycles. The molecule has 1 aliphatic heterocycles. The predicted molar refractivity (Wildman–Crippen MR) is 105 cm³/mol. The van der Waals surface area contributed by atoms with Crippen LogP contribution in [0.15, 0.2) is 30.3 Å². The molecule has 0 aliphatic carbocycles. The molecule has 1 fully saturated rings. The third-order valence-electron chi connectivity index (χ3n) is 5.11. The molecule has 3 heterocycles. The molecule has 8 heteroatoms. The number of aliphatic hydroxyl groups is 1. The molecule has 1 aliphatic rings. The predicted octanol–water partition coefficient (Wildman–Crippen LogP) is 1.76. The van der Waals surface area contributed by atoms with Crippen LogP contribution < -0.4 is 0 Å². The molecule has 1 saturated heterocycles. The Hall–Kier alpha value is -2.00. The number of piperazine rings is 1. The molecule has 3 aromatic rings. The normalized spacial score (nSPS) is 17.6. The highest BCUT2D eigenvalue weighted by molar-refractivity contribution is 7.17. The smallest absolute Gasteiger partial charge is 0.230 e. The van der Waals surface area contributed by atoms with Crippen molar-refractivity contribution >= 4 is 16.3 Å². The molecule has 0 spiro atoms. The Morgan fingerprint density at radius 3 is 2.52 bits per heavy atom. The van der Waals surface area contributed by atoms with Crippen molar-refractivity contribution in [3.8, 4) is 5.88 Å². The lowest BCUT2D eigenvalue weighted by molar-refractivity contribution is 0.0945. The summed E-state index contributed by atoms with van der Waals surface area (Å²) in [7, 11) is 0. The minimum atomic E-state index is -0.0268. The first-order chi connectivity index (χ1) is 13.2. The quantitative estimate of drug-likeness (QED) is 0.671. The van der Waals surface area contributed by atoms with Crippen molar-refractivity contribution in [1.82, 2.24) is 24.4 Å². The van der Waals surface area contributed by atoms with E-state index in [4.69, 9.17) is 0 Å². The van der Waals surface area contributed by atoms with Gasteiger partial charge in [-0.1, -0.05) is 48.6 Å². The van der Waals surface area contributed by atoms with Crippen LogP contribution in [0.1, 0.15) is 29.2 Å². The number of β-amino-alcohol motifs (C(OH)–C–C–N with tert-alkyl or cyclic N) is 1. The van der Waals surface area contributed by atoms with E-state index in [9.17, 15) is 10.2 Å². The van der Waals surface area contributed by atoms with E-state index in [1.165, 1.54) is 11.3 Å². The van der Waals surface area contributed by atoms with E-state index in [1.54, 1.807) is 4.52 Å². The van der Waals surface area contributed by atoms with Gasteiger partial charge in [0.15, 0.2) is 5.82 Å². The van der Waals surface area contributed by atoms with Gasteiger partial charge < -0.3 is 10.2 Å². The number of fused-ring (bicyclic) bond motifs is 1. The number of aromatic hydroxyl groups is 1. The number of rotatable bonds is 6. The molecule has 1 aromatic carbocycles. The Kier molecular flexibility index (Phi) is 5.40. The summed E-state index contributed by atoms with van der Waals surface area (Å²) in [6.45, 7) is 6.49. The van der Waals surface area contributed by atoms with Crippen LogP contribution in [-0.2, 0) is 6.42 Å². The summed E-state index contributed by atoms with van der Waals surface area (Å²) in [6.07, 6.45) is 0.748. The van der Waals surface area contributed by atoms with Crippen molar-refractivity contribution in [3.05, 3.63) is 46.6 Å². The minimum Gasteiger partial charge on any atom is -0.492 e. The molecule has 0 radical (unpaired) electrons. The second-order valence-electron chi connectivity index (χ2n) is 6.78. The number of nitrogens with zero attached hydrogens (tertiary/aromatic N) is 5. The van der Waals surface area contributed by atoms with Crippen molar-refractivity contribution in [2.75, 3.05) is 39.3 Å². The van der Waals surface area contributed by atoms with E-state index in [0.29, 0.717) is 6.54 Å². The molecule has 4 rings (SSSR count). The molecule has 0 bridgehead atoms. The summed E-state index contributed by atoms with van der Waals surface area (Å²) in [5.74, 6) is 0.936. The Balaban J connectivity index is 1.69. The van der Waals surface area contributed by atoms with Crippen molar-refractivity contribution in [3.63, 3.8) is 0 Å². The van der Waals surface area contributed by atoms with Gasteiger partial charge in [0.25, 0.3) is 0 Å². The van der Waals surface area contributed by atoms with Crippen LogP contribution in [-0.4, -0.2) is 73.9 Å². The fourth-order valence-corrected chi connectivity index (χ4v) is 4.80. The highest BCUT2D eigenvalue weighted by atomic mass is 32.1. The molecule has 0 amide bonds. The third-order valence-corrected chi connectivity index (χ3v) is 6.18. The molecule has 144 valence electrons. The zero-order valence-electron chi connectivity index (χ0n) is 15.5. The Morgan fingerprint density at radius 2 is 1.89 bits per heavy atom. The lowest BCUT2D eigenvalue weighted by atomic mass is 10.0. The van der Waals surface area contributed by atoms with Gasteiger partial charge in [-0.2, -0.15) is 4.52 Å². The Morgan fingerprint density at radius 1 is 1.15 bits per heavy atom. The molecule has 1 unspecified atom stereocenters. The molecule has 27 heavy (non-hydrogen) atoms. The van der Waals surface area contributed by atoms with Crippen LogP contribution in [0.5, 0.6) is 5.88 Å². The monoisotopic (exact) mass is 387 g/mol. The molecular weight excluding hydrogens is 362 g/mol. The molecule has 1 atom stereocenters. The maximum Gasteiger partial charge on any atom is 0.230 e. The Bertz CT molecular complexity index is 886. The average Bonchev–Trinajstić information content (AvgIpc) is 3.24. The van der Waals surface area contributed by atoms with Crippen molar-refractivity contribution in [1.29, 1.82) is 0 Å². The topological polar surface area (TPSA) is 77.1 Å². The van der Waals surface area contributed by atoms with Gasteiger partial charge in [0.2, 0.25) is 10.8 Å². The maximum absolute atomic E-state index is 10.9. The van der Waals surface area contributed by atoms with E-state index in [2.05, 4.69) is 32.0 Å². The van der Waals surface area contributed by atoms with Gasteiger partial charge in [-0.3, -0.25) is 9.80 Å². The van der Waals surface area contributed by atoms with Crippen LogP contribution in [0.3, 0.4) is 0 Å². The van der Waals surface area contributed by atoms with Crippen molar-refractivity contribution in [2.24, 2.45) is 0 Å². The third kappa shape index (κ3) is 3.58. The number of hydrogen-bond acceptors (Lipinski definition) is 7. The van der Waals surface area contributed by atoms with Gasteiger partial charge >= 0.3 is 0 Å². The van der Waals surface area contributed by atoms with Crippen LogP contribution in [0.4, 0.5) is 0 Å². The first-order valence-corrected chi connectivity index (χ1v) is 10.2. The number of benzene rings is 1. The summed E-state index contributed by atoms with van der Waals surface area (Å²) < 4.78 is 1.57.